The molecule has 2 N–H and O–H groups in total. The summed E-state index contributed by atoms with van der Waals surface area (Å²) < 4.78 is 0. The molecular formula is C8H12O2. The summed E-state index contributed by atoms with van der Waals surface area (Å²) in [5, 5.41) is 18.7. The van der Waals surface area contributed by atoms with Crippen LogP contribution in [0.5, 0.6) is 0 Å². The maximum atomic E-state index is 9.37. The van der Waals surface area contributed by atoms with Gasteiger partial charge in [-0.2, -0.15) is 0 Å². The lowest BCUT2D eigenvalue weighted by Crippen LogP contribution is -2.30. The standard InChI is InChI=1S/C8H12O2/c1-4-2-5-3-6(4)8(10)7(5)9/h2,5-10H,3H2,1H3. The van der Waals surface area contributed by atoms with Crippen LogP contribution in [0.1, 0.15) is 13.3 Å². The number of aliphatic hydroxyl groups is 2. The van der Waals surface area contributed by atoms with Crippen LogP contribution in [-0.2, 0) is 0 Å². The van der Waals surface area contributed by atoms with Gasteiger partial charge in [-0.05, 0) is 13.3 Å². The molecule has 2 aliphatic rings. The smallest absolute Gasteiger partial charge is 0.0870 e. The highest BCUT2D eigenvalue weighted by Gasteiger charge is 2.45. The zero-order valence-corrected chi connectivity index (χ0v) is 5.99. The lowest BCUT2D eigenvalue weighted by molar-refractivity contribution is 0.0110. The van der Waals surface area contributed by atoms with Crippen molar-refractivity contribution in [1.29, 1.82) is 0 Å². The minimum absolute atomic E-state index is 0.236. The fourth-order valence-electron chi connectivity index (χ4n) is 2.15. The Kier molecular flexibility index (Phi) is 1.17. The summed E-state index contributed by atoms with van der Waals surface area (Å²) in [6, 6.07) is 0. The Morgan fingerprint density at radius 3 is 2.50 bits per heavy atom. The molecule has 2 heteroatoms. The molecule has 2 aliphatic carbocycles. The van der Waals surface area contributed by atoms with E-state index in [1.54, 1.807) is 0 Å². The highest BCUT2D eigenvalue weighted by atomic mass is 16.3. The van der Waals surface area contributed by atoms with E-state index in [1.165, 1.54) is 5.57 Å². The van der Waals surface area contributed by atoms with Crippen molar-refractivity contribution in [2.45, 2.75) is 25.6 Å². The predicted molar refractivity (Wildman–Crippen MR) is 37.4 cm³/mol. The SMILES string of the molecule is CC1=CC2CC1C(O)C2O. The molecule has 10 heavy (non-hydrogen) atoms. The van der Waals surface area contributed by atoms with Crippen LogP contribution in [0.3, 0.4) is 0 Å². The summed E-state index contributed by atoms with van der Waals surface area (Å²) in [7, 11) is 0. The van der Waals surface area contributed by atoms with E-state index in [4.69, 9.17) is 0 Å². The lowest BCUT2D eigenvalue weighted by atomic mass is 9.95. The fraction of sp³-hybridized carbons (Fsp3) is 0.750. The average molecular weight is 140 g/mol. The third kappa shape index (κ3) is 0.607. The quantitative estimate of drug-likeness (QED) is 0.475. The van der Waals surface area contributed by atoms with Crippen LogP contribution >= 0.6 is 0 Å². The minimum Gasteiger partial charge on any atom is -0.390 e. The summed E-state index contributed by atoms with van der Waals surface area (Å²) in [5.41, 5.74) is 1.25. The van der Waals surface area contributed by atoms with Gasteiger partial charge in [-0.3, -0.25) is 0 Å². The van der Waals surface area contributed by atoms with E-state index >= 15 is 0 Å². The van der Waals surface area contributed by atoms with Crippen molar-refractivity contribution in [3.05, 3.63) is 11.6 Å². The molecule has 0 aromatic carbocycles. The molecule has 2 nitrogen and oxygen atoms in total. The van der Waals surface area contributed by atoms with Crippen molar-refractivity contribution in [3.63, 3.8) is 0 Å². The number of rotatable bonds is 0. The van der Waals surface area contributed by atoms with Gasteiger partial charge in [0.15, 0.2) is 0 Å². The molecule has 4 unspecified atom stereocenters. The Balaban J connectivity index is 2.29. The van der Waals surface area contributed by atoms with Crippen LogP contribution in [0.2, 0.25) is 0 Å². The van der Waals surface area contributed by atoms with Crippen molar-refractivity contribution in [3.8, 4) is 0 Å². The first kappa shape index (κ1) is 6.38. The third-order valence-corrected chi connectivity index (χ3v) is 2.79. The third-order valence-electron chi connectivity index (χ3n) is 2.79. The molecule has 1 fully saturated rings. The summed E-state index contributed by atoms with van der Waals surface area (Å²) in [4.78, 5) is 0. The molecule has 0 heterocycles. The van der Waals surface area contributed by atoms with E-state index < -0.39 is 12.2 Å². The number of aliphatic hydroxyl groups excluding tert-OH is 2. The van der Waals surface area contributed by atoms with Gasteiger partial charge in [0.1, 0.15) is 0 Å². The molecule has 0 aliphatic heterocycles. The number of fused-ring (bicyclic) bond motifs is 2. The summed E-state index contributed by atoms with van der Waals surface area (Å²) >= 11 is 0. The Labute approximate surface area is 60.2 Å². The van der Waals surface area contributed by atoms with Gasteiger partial charge in [-0.1, -0.05) is 11.6 Å². The van der Waals surface area contributed by atoms with E-state index in [1.807, 2.05) is 6.92 Å². The van der Waals surface area contributed by atoms with Gasteiger partial charge in [0.2, 0.25) is 0 Å². The van der Waals surface area contributed by atoms with E-state index in [0.717, 1.165) is 6.42 Å². The first-order valence-electron chi connectivity index (χ1n) is 3.74. The van der Waals surface area contributed by atoms with Crippen molar-refractivity contribution in [1.82, 2.24) is 0 Å². The van der Waals surface area contributed by atoms with Crippen LogP contribution < -0.4 is 0 Å². The molecule has 2 rings (SSSR count). The molecule has 0 saturated heterocycles. The highest BCUT2D eigenvalue weighted by Crippen LogP contribution is 2.43. The van der Waals surface area contributed by atoms with Gasteiger partial charge in [-0.15, -0.1) is 0 Å². The van der Waals surface area contributed by atoms with Crippen LogP contribution in [-0.4, -0.2) is 22.4 Å². The van der Waals surface area contributed by atoms with Crippen LogP contribution in [0.25, 0.3) is 0 Å². The Bertz CT molecular complexity index is 186. The lowest BCUT2D eigenvalue weighted by Gasteiger charge is -2.20. The number of hydrogen-bond donors (Lipinski definition) is 2. The monoisotopic (exact) mass is 140 g/mol. The second-order valence-electron chi connectivity index (χ2n) is 3.40. The molecule has 2 bridgehead atoms. The maximum Gasteiger partial charge on any atom is 0.0870 e. The molecular weight excluding hydrogens is 128 g/mol. The topological polar surface area (TPSA) is 40.5 Å². The summed E-state index contributed by atoms with van der Waals surface area (Å²) in [6.07, 6.45) is 2.06. The summed E-state index contributed by atoms with van der Waals surface area (Å²) in [6.45, 7) is 2.03. The van der Waals surface area contributed by atoms with E-state index in [9.17, 15) is 10.2 Å². The molecule has 0 radical (unpaired) electrons. The second-order valence-corrected chi connectivity index (χ2v) is 3.40. The Morgan fingerprint density at radius 1 is 1.40 bits per heavy atom. The van der Waals surface area contributed by atoms with Gasteiger partial charge in [0.25, 0.3) is 0 Å². The van der Waals surface area contributed by atoms with Crippen LogP contribution in [0.15, 0.2) is 11.6 Å². The van der Waals surface area contributed by atoms with E-state index in [2.05, 4.69) is 6.08 Å². The van der Waals surface area contributed by atoms with Crippen molar-refractivity contribution >= 4 is 0 Å². The molecule has 0 amide bonds. The maximum absolute atomic E-state index is 9.37. The minimum atomic E-state index is -0.492. The second kappa shape index (κ2) is 1.83. The van der Waals surface area contributed by atoms with Crippen LogP contribution in [0.4, 0.5) is 0 Å². The van der Waals surface area contributed by atoms with E-state index in [0.29, 0.717) is 0 Å². The molecule has 1 saturated carbocycles. The van der Waals surface area contributed by atoms with Crippen molar-refractivity contribution in [2.75, 3.05) is 0 Å². The number of hydrogen-bond acceptors (Lipinski definition) is 2. The zero-order valence-electron chi connectivity index (χ0n) is 5.99. The predicted octanol–water partition coefficient (Wildman–Crippen LogP) is 0.304. The molecule has 0 aromatic rings. The summed E-state index contributed by atoms with van der Waals surface area (Å²) in [5.74, 6) is 0.486. The first-order chi connectivity index (χ1) is 4.70. The molecule has 0 spiro atoms. The molecule has 56 valence electrons. The van der Waals surface area contributed by atoms with Gasteiger partial charge < -0.3 is 10.2 Å². The van der Waals surface area contributed by atoms with Crippen molar-refractivity contribution in [2.24, 2.45) is 11.8 Å². The molecule has 0 aromatic heterocycles. The van der Waals surface area contributed by atoms with Gasteiger partial charge in [0.05, 0.1) is 12.2 Å². The van der Waals surface area contributed by atoms with E-state index in [-0.39, 0.29) is 11.8 Å². The van der Waals surface area contributed by atoms with Gasteiger partial charge in [-0.25, -0.2) is 0 Å². The highest BCUT2D eigenvalue weighted by molar-refractivity contribution is 5.22. The van der Waals surface area contributed by atoms with Gasteiger partial charge >= 0.3 is 0 Å². The Morgan fingerprint density at radius 2 is 2.10 bits per heavy atom. The first-order valence-corrected chi connectivity index (χ1v) is 3.74. The largest absolute Gasteiger partial charge is 0.390 e. The zero-order chi connectivity index (χ0) is 7.30. The average Bonchev–Trinajstić information content (AvgIpc) is 2.36. The van der Waals surface area contributed by atoms with Gasteiger partial charge in [0, 0.05) is 11.8 Å². The molecule has 4 atom stereocenters. The Hall–Kier alpha value is -0.340. The van der Waals surface area contributed by atoms with Crippen LogP contribution in [0, 0.1) is 11.8 Å². The fourth-order valence-corrected chi connectivity index (χ4v) is 2.15. The normalized spacial score (nSPS) is 51.7. The van der Waals surface area contributed by atoms with Crippen molar-refractivity contribution < 1.29 is 10.2 Å².